The van der Waals surface area contributed by atoms with E-state index in [4.69, 9.17) is 4.74 Å². The zero-order chi connectivity index (χ0) is 18.4. The summed E-state index contributed by atoms with van der Waals surface area (Å²) >= 11 is 0. The Labute approximate surface area is 160 Å². The minimum atomic E-state index is 0.0971. The number of ether oxygens (including phenoxy) is 1. The summed E-state index contributed by atoms with van der Waals surface area (Å²) in [5, 5.41) is 0. The van der Waals surface area contributed by atoms with Gasteiger partial charge in [-0.15, -0.1) is 0 Å². The topological polar surface area (TPSA) is 50.1 Å². The molecule has 0 radical (unpaired) electrons. The molecule has 4 aliphatic rings. The molecule has 4 fully saturated rings. The number of aryl methyl sites for hydroxylation is 1. The maximum atomic E-state index is 13.3. The molecular weight excluding hydrogens is 340 g/mol. The minimum absolute atomic E-state index is 0.0971. The van der Waals surface area contributed by atoms with Gasteiger partial charge in [-0.3, -0.25) is 9.69 Å². The first-order valence-corrected chi connectivity index (χ1v) is 10.3. The van der Waals surface area contributed by atoms with Crippen LogP contribution in [0.15, 0.2) is 24.5 Å². The van der Waals surface area contributed by atoms with Gasteiger partial charge in [0.25, 0.3) is 5.91 Å². The van der Waals surface area contributed by atoms with E-state index in [2.05, 4.69) is 21.7 Å². The molecule has 4 saturated heterocycles. The van der Waals surface area contributed by atoms with Gasteiger partial charge in [0.05, 0.1) is 0 Å². The molecule has 2 aromatic heterocycles. The molecule has 2 bridgehead atoms. The Morgan fingerprint density at radius 2 is 1.89 bits per heavy atom. The van der Waals surface area contributed by atoms with Crippen LogP contribution in [0.25, 0.3) is 5.65 Å². The van der Waals surface area contributed by atoms with Gasteiger partial charge in [-0.1, -0.05) is 6.07 Å². The number of pyridine rings is 1. The van der Waals surface area contributed by atoms with E-state index in [1.165, 1.54) is 12.0 Å². The molecule has 2 unspecified atom stereocenters. The smallest absolute Gasteiger partial charge is 0.274 e. The first-order chi connectivity index (χ1) is 13.2. The summed E-state index contributed by atoms with van der Waals surface area (Å²) < 4.78 is 7.51. The summed E-state index contributed by atoms with van der Waals surface area (Å²) in [6, 6.07) is 4.95. The normalized spacial score (nSPS) is 27.2. The van der Waals surface area contributed by atoms with Crippen molar-refractivity contribution in [2.75, 3.05) is 32.8 Å². The van der Waals surface area contributed by atoms with Crippen molar-refractivity contribution in [2.24, 2.45) is 5.92 Å². The largest absolute Gasteiger partial charge is 0.381 e. The summed E-state index contributed by atoms with van der Waals surface area (Å²) in [4.78, 5) is 22.6. The van der Waals surface area contributed by atoms with Gasteiger partial charge >= 0.3 is 0 Å². The molecule has 6 heterocycles. The van der Waals surface area contributed by atoms with Gasteiger partial charge in [-0.25, -0.2) is 4.98 Å². The molecule has 0 aliphatic carbocycles. The third-order valence-corrected chi connectivity index (χ3v) is 6.53. The molecule has 0 aromatic carbocycles. The standard InChI is InChI=1S/C21H28N4O2/c1-15-2-5-20-22-19(14-24(20)10-15)21(26)25-12-16-3-4-18(25)13-23(11-16)17-6-8-27-9-7-17/h2,5,10,14,16-18H,3-4,6-9,11-13H2,1H3. The quantitative estimate of drug-likeness (QED) is 0.817. The fraction of sp³-hybridized carbons (Fsp3) is 0.619. The predicted octanol–water partition coefficient (Wildman–Crippen LogP) is 2.36. The fourth-order valence-corrected chi connectivity index (χ4v) is 5.07. The second-order valence-corrected chi connectivity index (χ2v) is 8.45. The van der Waals surface area contributed by atoms with Gasteiger partial charge in [0.15, 0.2) is 0 Å². The Kier molecular flexibility index (Phi) is 4.40. The molecule has 0 N–H and O–H groups in total. The number of fused-ring (bicyclic) bond motifs is 5. The van der Waals surface area contributed by atoms with Crippen molar-refractivity contribution in [1.82, 2.24) is 19.2 Å². The van der Waals surface area contributed by atoms with Gasteiger partial charge in [-0.2, -0.15) is 0 Å². The molecule has 6 nitrogen and oxygen atoms in total. The summed E-state index contributed by atoms with van der Waals surface area (Å²) in [5.41, 5.74) is 2.58. The summed E-state index contributed by atoms with van der Waals surface area (Å²) in [6.45, 7) is 6.80. The summed E-state index contributed by atoms with van der Waals surface area (Å²) in [6.07, 6.45) is 8.51. The Balaban J connectivity index is 1.37. The maximum absolute atomic E-state index is 13.3. The second kappa shape index (κ2) is 6.91. The van der Waals surface area contributed by atoms with Gasteiger partial charge in [0, 0.05) is 57.3 Å². The van der Waals surface area contributed by atoms with Crippen molar-refractivity contribution < 1.29 is 9.53 Å². The molecule has 0 spiro atoms. The highest BCUT2D eigenvalue weighted by molar-refractivity contribution is 5.93. The van der Waals surface area contributed by atoms with E-state index >= 15 is 0 Å². The Hall–Kier alpha value is -1.92. The van der Waals surface area contributed by atoms with Crippen molar-refractivity contribution in [3.8, 4) is 0 Å². The number of aromatic nitrogens is 2. The first kappa shape index (κ1) is 17.2. The van der Waals surface area contributed by atoms with Crippen LogP contribution in [0.5, 0.6) is 0 Å². The number of imidazole rings is 1. The lowest BCUT2D eigenvalue weighted by Crippen LogP contribution is -2.48. The van der Waals surface area contributed by atoms with Crippen LogP contribution in [0, 0.1) is 12.8 Å². The van der Waals surface area contributed by atoms with Crippen molar-refractivity contribution >= 4 is 11.6 Å². The Morgan fingerprint density at radius 3 is 2.74 bits per heavy atom. The lowest BCUT2D eigenvalue weighted by molar-refractivity contribution is 0.0304. The van der Waals surface area contributed by atoms with Gasteiger partial charge in [0.2, 0.25) is 0 Å². The van der Waals surface area contributed by atoms with Crippen LogP contribution in [0.2, 0.25) is 0 Å². The molecular formula is C21H28N4O2. The average Bonchev–Trinajstić information content (AvgIpc) is 2.89. The van der Waals surface area contributed by atoms with Crippen molar-refractivity contribution in [1.29, 1.82) is 0 Å². The zero-order valence-corrected chi connectivity index (χ0v) is 16.0. The molecule has 4 aliphatic heterocycles. The highest BCUT2D eigenvalue weighted by Gasteiger charge is 2.40. The predicted molar refractivity (Wildman–Crippen MR) is 103 cm³/mol. The second-order valence-electron chi connectivity index (χ2n) is 8.45. The minimum Gasteiger partial charge on any atom is -0.381 e. The molecule has 6 heteroatoms. The van der Waals surface area contributed by atoms with Crippen LogP contribution in [-0.4, -0.2) is 70.0 Å². The van der Waals surface area contributed by atoms with Crippen molar-refractivity contribution in [2.45, 2.75) is 44.7 Å². The van der Waals surface area contributed by atoms with E-state index in [0.29, 0.717) is 23.7 Å². The Morgan fingerprint density at radius 1 is 1.04 bits per heavy atom. The van der Waals surface area contributed by atoms with E-state index in [-0.39, 0.29) is 5.91 Å². The van der Waals surface area contributed by atoms with Crippen LogP contribution in [0.4, 0.5) is 0 Å². The van der Waals surface area contributed by atoms with Crippen molar-refractivity contribution in [3.63, 3.8) is 0 Å². The third-order valence-electron chi connectivity index (χ3n) is 6.53. The van der Waals surface area contributed by atoms with E-state index in [0.717, 1.165) is 57.8 Å². The molecule has 6 rings (SSSR count). The summed E-state index contributed by atoms with van der Waals surface area (Å²) in [7, 11) is 0. The monoisotopic (exact) mass is 368 g/mol. The molecule has 2 atom stereocenters. The molecule has 144 valence electrons. The lowest BCUT2D eigenvalue weighted by Gasteiger charge is -2.36. The number of carbonyl (C=O) groups excluding carboxylic acids is 1. The molecule has 1 amide bonds. The van der Waals surface area contributed by atoms with Crippen LogP contribution >= 0.6 is 0 Å². The van der Waals surface area contributed by atoms with Gasteiger partial charge in [0.1, 0.15) is 11.3 Å². The molecule has 2 aromatic rings. The highest BCUT2D eigenvalue weighted by Crippen LogP contribution is 2.31. The van der Waals surface area contributed by atoms with E-state index in [1.54, 1.807) is 0 Å². The van der Waals surface area contributed by atoms with Crippen LogP contribution in [0.3, 0.4) is 0 Å². The third kappa shape index (κ3) is 3.25. The Bertz CT molecular complexity index is 842. The number of piperidine rings is 1. The van der Waals surface area contributed by atoms with Crippen molar-refractivity contribution in [3.05, 3.63) is 35.8 Å². The van der Waals surface area contributed by atoms with Crippen LogP contribution in [-0.2, 0) is 4.74 Å². The number of amides is 1. The summed E-state index contributed by atoms with van der Waals surface area (Å²) in [5.74, 6) is 0.676. The van der Waals surface area contributed by atoms with E-state index in [1.807, 2.05) is 28.9 Å². The molecule has 27 heavy (non-hydrogen) atoms. The fourth-order valence-electron chi connectivity index (χ4n) is 5.07. The zero-order valence-electron chi connectivity index (χ0n) is 16.0. The van der Waals surface area contributed by atoms with E-state index in [9.17, 15) is 4.79 Å². The number of rotatable bonds is 2. The highest BCUT2D eigenvalue weighted by atomic mass is 16.5. The first-order valence-electron chi connectivity index (χ1n) is 10.3. The van der Waals surface area contributed by atoms with E-state index < -0.39 is 0 Å². The number of hydrogen-bond donors (Lipinski definition) is 0. The van der Waals surface area contributed by atoms with Gasteiger partial charge < -0.3 is 14.0 Å². The number of nitrogens with zero attached hydrogens (tertiary/aromatic N) is 4. The SMILES string of the molecule is Cc1ccc2nc(C(=O)N3CC4CCC3CN(C3CCOCC3)C4)cn2c1. The number of hydrogen-bond acceptors (Lipinski definition) is 4. The molecule has 0 saturated carbocycles. The maximum Gasteiger partial charge on any atom is 0.274 e. The number of carbonyl (C=O) groups is 1. The average molecular weight is 368 g/mol. The lowest BCUT2D eigenvalue weighted by atomic mass is 9.94. The van der Waals surface area contributed by atoms with Gasteiger partial charge in [-0.05, 0) is 50.2 Å². The van der Waals surface area contributed by atoms with Crippen LogP contribution in [0.1, 0.15) is 41.7 Å². The van der Waals surface area contributed by atoms with Crippen LogP contribution < -0.4 is 0 Å².